The molecule has 1 atom stereocenters. The molecule has 1 aliphatic heterocycles. The molecule has 1 aliphatic rings. The molecule has 0 fully saturated rings. The van der Waals surface area contributed by atoms with Gasteiger partial charge in [-0.05, 0) is 37.6 Å². The van der Waals surface area contributed by atoms with Crippen LogP contribution < -0.4 is 31.9 Å². The maximum absolute atomic E-state index is 11.8. The molecule has 0 radical (unpaired) electrons. The largest absolute Gasteiger partial charge is 1.00 e. The number of aryl methyl sites for hydroxylation is 2. The molecule has 2 aromatic carbocycles. The molecule has 4 aromatic rings. The predicted molar refractivity (Wildman–Crippen MR) is 104 cm³/mol. The van der Waals surface area contributed by atoms with Crippen molar-refractivity contribution in [2.75, 3.05) is 6.61 Å². The summed E-state index contributed by atoms with van der Waals surface area (Å²) in [5.41, 5.74) is 4.58. The van der Waals surface area contributed by atoms with Crippen molar-refractivity contribution in [3.05, 3.63) is 81.8 Å². The van der Waals surface area contributed by atoms with E-state index in [0.717, 1.165) is 28.8 Å². The maximum atomic E-state index is 11.8. The first-order chi connectivity index (χ1) is 13.1. The third-order valence-corrected chi connectivity index (χ3v) is 5.52. The normalized spacial score (nSPS) is 15.3. The molecular weight excluding hydrogens is 418 g/mol. The maximum Gasteiger partial charge on any atom is 0.336 e. The fourth-order valence-electron chi connectivity index (χ4n) is 4.15. The SMILES string of the molecule is Cc1cc(=O)oc2c(C)c3c(cc12)C(C[n+]1cccc2ccccc21)CO3.[Br-]. The lowest BCUT2D eigenvalue weighted by Gasteiger charge is -2.10. The van der Waals surface area contributed by atoms with Crippen LogP contribution in [0.2, 0.25) is 0 Å². The Bertz CT molecular complexity index is 1260. The van der Waals surface area contributed by atoms with Crippen LogP contribution in [0.25, 0.3) is 21.9 Å². The topological polar surface area (TPSA) is 43.3 Å². The van der Waals surface area contributed by atoms with Gasteiger partial charge in [-0.2, -0.15) is 4.57 Å². The second kappa shape index (κ2) is 7.06. The van der Waals surface area contributed by atoms with E-state index in [1.165, 1.54) is 16.5 Å². The van der Waals surface area contributed by atoms with Gasteiger partial charge in [0.2, 0.25) is 5.52 Å². The molecule has 0 aliphatic carbocycles. The molecule has 142 valence electrons. The monoisotopic (exact) mass is 437 g/mol. The Kier molecular flexibility index (Phi) is 4.71. The van der Waals surface area contributed by atoms with E-state index >= 15 is 0 Å². The van der Waals surface area contributed by atoms with Crippen molar-refractivity contribution in [1.29, 1.82) is 0 Å². The molecule has 3 heterocycles. The number of ether oxygens (including phenoxy) is 1. The molecule has 2 aromatic heterocycles. The zero-order chi connectivity index (χ0) is 18.5. The lowest BCUT2D eigenvalue weighted by Crippen LogP contribution is -3.00. The van der Waals surface area contributed by atoms with Crippen molar-refractivity contribution in [3.8, 4) is 5.75 Å². The van der Waals surface area contributed by atoms with E-state index in [1.54, 1.807) is 6.07 Å². The van der Waals surface area contributed by atoms with Gasteiger partial charge in [-0.25, -0.2) is 4.79 Å². The Morgan fingerprint density at radius 3 is 2.75 bits per heavy atom. The standard InChI is InChI=1S/C23H20NO3.BrH/c1-14-10-21(25)27-23-15(2)22-19(11-18(14)23)17(13-26-22)12-24-9-5-7-16-6-3-4-8-20(16)24;/h3-11,17H,12-13H2,1-2H3;1H/q+1;/p-1. The highest BCUT2D eigenvalue weighted by molar-refractivity contribution is 5.86. The van der Waals surface area contributed by atoms with Crippen LogP contribution in [0.3, 0.4) is 0 Å². The highest BCUT2D eigenvalue weighted by Gasteiger charge is 2.31. The minimum Gasteiger partial charge on any atom is -1.00 e. The van der Waals surface area contributed by atoms with Gasteiger partial charge >= 0.3 is 5.63 Å². The van der Waals surface area contributed by atoms with Crippen molar-refractivity contribution >= 4 is 21.9 Å². The first kappa shape index (κ1) is 18.7. The lowest BCUT2D eigenvalue weighted by molar-refractivity contribution is -0.674. The summed E-state index contributed by atoms with van der Waals surface area (Å²) >= 11 is 0. The minimum absolute atomic E-state index is 0. The number of para-hydroxylation sites is 1. The van der Waals surface area contributed by atoms with Crippen molar-refractivity contribution in [2.45, 2.75) is 26.3 Å². The quantitative estimate of drug-likeness (QED) is 0.347. The number of nitrogens with zero attached hydrogens (tertiary/aromatic N) is 1. The number of benzene rings is 2. The summed E-state index contributed by atoms with van der Waals surface area (Å²) in [6, 6.07) is 16.3. The van der Waals surface area contributed by atoms with Crippen LogP contribution in [0.5, 0.6) is 5.75 Å². The lowest BCUT2D eigenvalue weighted by atomic mass is 9.95. The summed E-state index contributed by atoms with van der Waals surface area (Å²) in [6.45, 7) is 5.40. The van der Waals surface area contributed by atoms with Gasteiger partial charge < -0.3 is 26.1 Å². The van der Waals surface area contributed by atoms with Gasteiger partial charge in [0.05, 0.1) is 5.92 Å². The average molecular weight is 438 g/mol. The van der Waals surface area contributed by atoms with Crippen LogP contribution in [0.15, 0.2) is 63.9 Å². The summed E-state index contributed by atoms with van der Waals surface area (Å²) < 4.78 is 13.8. The predicted octanol–water partition coefficient (Wildman–Crippen LogP) is 1.03. The molecule has 0 amide bonds. The fourth-order valence-corrected chi connectivity index (χ4v) is 4.15. The van der Waals surface area contributed by atoms with Gasteiger partial charge in [0, 0.05) is 40.1 Å². The van der Waals surface area contributed by atoms with Gasteiger partial charge in [0.1, 0.15) is 17.9 Å². The number of fused-ring (bicyclic) bond motifs is 3. The van der Waals surface area contributed by atoms with Crippen molar-refractivity contribution in [2.24, 2.45) is 0 Å². The second-order valence-electron chi connectivity index (χ2n) is 7.27. The Labute approximate surface area is 173 Å². The number of halogens is 1. The number of pyridine rings is 1. The van der Waals surface area contributed by atoms with Crippen molar-refractivity contribution in [1.82, 2.24) is 0 Å². The number of hydrogen-bond donors (Lipinski definition) is 0. The molecule has 5 rings (SSSR count). The molecule has 0 saturated heterocycles. The minimum atomic E-state index is -0.316. The van der Waals surface area contributed by atoms with Crippen LogP contribution in [0.4, 0.5) is 0 Å². The second-order valence-corrected chi connectivity index (χ2v) is 7.27. The molecule has 5 heteroatoms. The Morgan fingerprint density at radius 2 is 1.89 bits per heavy atom. The molecule has 0 bridgehead atoms. The third-order valence-electron chi connectivity index (χ3n) is 5.52. The molecular formula is C23H20BrNO3. The average Bonchev–Trinajstić information content (AvgIpc) is 3.06. The highest BCUT2D eigenvalue weighted by atomic mass is 79.9. The Morgan fingerprint density at radius 1 is 1.11 bits per heavy atom. The first-order valence-electron chi connectivity index (χ1n) is 9.20. The van der Waals surface area contributed by atoms with Crippen LogP contribution in [-0.4, -0.2) is 6.61 Å². The molecule has 28 heavy (non-hydrogen) atoms. The number of aromatic nitrogens is 1. The molecule has 0 saturated carbocycles. The van der Waals surface area contributed by atoms with Crippen LogP contribution >= 0.6 is 0 Å². The zero-order valence-corrected chi connectivity index (χ0v) is 17.3. The third kappa shape index (κ3) is 2.90. The molecule has 0 spiro atoms. The zero-order valence-electron chi connectivity index (χ0n) is 15.7. The summed E-state index contributed by atoms with van der Waals surface area (Å²) in [5, 5.41) is 2.22. The number of hydrogen-bond acceptors (Lipinski definition) is 3. The Hall–Kier alpha value is -2.66. The van der Waals surface area contributed by atoms with E-state index in [9.17, 15) is 4.79 Å². The van der Waals surface area contributed by atoms with E-state index in [4.69, 9.17) is 9.15 Å². The van der Waals surface area contributed by atoms with Gasteiger partial charge in [0.15, 0.2) is 12.7 Å². The summed E-state index contributed by atoms with van der Waals surface area (Å²) in [6.07, 6.45) is 2.12. The molecule has 4 nitrogen and oxygen atoms in total. The number of rotatable bonds is 2. The van der Waals surface area contributed by atoms with E-state index in [2.05, 4.69) is 53.2 Å². The van der Waals surface area contributed by atoms with Gasteiger partial charge in [-0.3, -0.25) is 0 Å². The van der Waals surface area contributed by atoms with Crippen LogP contribution in [0, 0.1) is 13.8 Å². The summed E-state index contributed by atoms with van der Waals surface area (Å²) in [7, 11) is 0. The van der Waals surface area contributed by atoms with E-state index in [1.807, 2.05) is 13.8 Å². The van der Waals surface area contributed by atoms with E-state index in [0.29, 0.717) is 12.2 Å². The van der Waals surface area contributed by atoms with Crippen molar-refractivity contribution in [3.63, 3.8) is 0 Å². The van der Waals surface area contributed by atoms with Crippen LogP contribution in [-0.2, 0) is 6.54 Å². The fraction of sp³-hybridized carbons (Fsp3) is 0.217. The van der Waals surface area contributed by atoms with Gasteiger partial charge in [-0.15, -0.1) is 0 Å². The van der Waals surface area contributed by atoms with Crippen LogP contribution in [0.1, 0.15) is 22.6 Å². The highest BCUT2D eigenvalue weighted by Crippen LogP contribution is 2.41. The van der Waals surface area contributed by atoms with E-state index in [-0.39, 0.29) is 28.5 Å². The summed E-state index contributed by atoms with van der Waals surface area (Å²) in [5.74, 6) is 1.12. The first-order valence-corrected chi connectivity index (χ1v) is 9.20. The Balaban J connectivity index is 0.00000192. The van der Waals surface area contributed by atoms with Gasteiger partial charge in [0.25, 0.3) is 0 Å². The molecule has 1 unspecified atom stereocenters. The molecule has 0 N–H and O–H groups in total. The van der Waals surface area contributed by atoms with Gasteiger partial charge in [-0.1, -0.05) is 12.1 Å². The summed E-state index contributed by atoms with van der Waals surface area (Å²) in [4.78, 5) is 11.8. The van der Waals surface area contributed by atoms with Crippen molar-refractivity contribution < 1.29 is 30.7 Å². The van der Waals surface area contributed by atoms with E-state index < -0.39 is 0 Å². The smallest absolute Gasteiger partial charge is 0.336 e.